The molecular formula is C15H26N4O. The van der Waals surface area contributed by atoms with Crippen LogP contribution in [-0.2, 0) is 0 Å². The molecule has 20 heavy (non-hydrogen) atoms. The van der Waals surface area contributed by atoms with Gasteiger partial charge in [-0.25, -0.2) is 9.97 Å². The van der Waals surface area contributed by atoms with Crippen LogP contribution in [0.15, 0.2) is 6.07 Å². The van der Waals surface area contributed by atoms with Gasteiger partial charge < -0.3 is 15.7 Å². The molecule has 0 saturated heterocycles. The van der Waals surface area contributed by atoms with Gasteiger partial charge in [0, 0.05) is 25.6 Å². The van der Waals surface area contributed by atoms with E-state index in [9.17, 15) is 5.11 Å². The summed E-state index contributed by atoms with van der Waals surface area (Å²) in [6.07, 6.45) is 4.03. The lowest BCUT2D eigenvalue weighted by molar-refractivity contribution is 0.114. The van der Waals surface area contributed by atoms with E-state index in [4.69, 9.17) is 0 Å². The van der Waals surface area contributed by atoms with Crippen molar-refractivity contribution in [2.75, 3.05) is 24.2 Å². The quantitative estimate of drug-likeness (QED) is 0.682. The third-order valence-corrected chi connectivity index (χ3v) is 4.03. The van der Waals surface area contributed by atoms with Gasteiger partial charge in [-0.1, -0.05) is 26.7 Å². The summed E-state index contributed by atoms with van der Waals surface area (Å²) in [5.74, 6) is 3.41. The lowest BCUT2D eigenvalue weighted by Gasteiger charge is -2.20. The van der Waals surface area contributed by atoms with Crippen LogP contribution >= 0.6 is 0 Å². The Bertz CT molecular complexity index is 430. The summed E-state index contributed by atoms with van der Waals surface area (Å²) in [6.45, 7) is 4.77. The van der Waals surface area contributed by atoms with Gasteiger partial charge in [0.1, 0.15) is 17.5 Å². The third kappa shape index (κ3) is 3.82. The predicted octanol–water partition coefficient (Wildman–Crippen LogP) is 2.60. The molecule has 1 aliphatic rings. The van der Waals surface area contributed by atoms with Gasteiger partial charge in [-0.15, -0.1) is 0 Å². The minimum atomic E-state index is -0.331. The summed E-state index contributed by atoms with van der Waals surface area (Å²) >= 11 is 0. The summed E-state index contributed by atoms with van der Waals surface area (Å²) in [5, 5.41) is 16.5. The molecule has 0 amide bonds. The average molecular weight is 278 g/mol. The first-order valence-electron chi connectivity index (χ1n) is 7.66. The number of nitrogens with one attached hydrogen (secondary N) is 2. The van der Waals surface area contributed by atoms with Gasteiger partial charge >= 0.3 is 0 Å². The van der Waals surface area contributed by atoms with Gasteiger partial charge in [-0.05, 0) is 18.8 Å². The zero-order chi connectivity index (χ0) is 14.5. The second-order valence-corrected chi connectivity index (χ2v) is 5.55. The first-order valence-corrected chi connectivity index (χ1v) is 7.66. The minimum Gasteiger partial charge on any atom is -0.391 e. The second-order valence-electron chi connectivity index (χ2n) is 5.55. The van der Waals surface area contributed by atoms with E-state index in [1.54, 1.807) is 0 Å². The fraction of sp³-hybridized carbons (Fsp3) is 0.733. The highest BCUT2D eigenvalue weighted by Crippen LogP contribution is 2.38. The molecule has 3 N–H and O–H groups in total. The van der Waals surface area contributed by atoms with E-state index in [1.165, 1.54) is 12.8 Å². The van der Waals surface area contributed by atoms with Crippen LogP contribution in [0.4, 0.5) is 11.6 Å². The summed E-state index contributed by atoms with van der Waals surface area (Å²) in [6, 6.07) is 1.89. The second kappa shape index (κ2) is 6.88. The highest BCUT2D eigenvalue weighted by atomic mass is 16.3. The smallest absolute Gasteiger partial charge is 0.136 e. The SMILES string of the molecule is CCC(CC)C(O)CNc1cc(NC)nc(C2CC2)n1. The number of aliphatic hydroxyl groups excluding tert-OH is 1. The van der Waals surface area contributed by atoms with Crippen LogP contribution in [0.1, 0.15) is 51.3 Å². The maximum atomic E-state index is 10.2. The zero-order valence-electron chi connectivity index (χ0n) is 12.7. The first-order chi connectivity index (χ1) is 9.67. The molecule has 1 aliphatic carbocycles. The molecule has 5 nitrogen and oxygen atoms in total. The number of aromatic nitrogens is 2. The summed E-state index contributed by atoms with van der Waals surface area (Å²) in [5.41, 5.74) is 0. The molecule has 1 fully saturated rings. The maximum absolute atomic E-state index is 10.2. The van der Waals surface area contributed by atoms with Crippen molar-refractivity contribution in [1.82, 2.24) is 9.97 Å². The van der Waals surface area contributed by atoms with Gasteiger partial charge in [-0.2, -0.15) is 0 Å². The summed E-state index contributed by atoms with van der Waals surface area (Å²) in [4.78, 5) is 9.04. The number of hydrogen-bond acceptors (Lipinski definition) is 5. The van der Waals surface area contributed by atoms with E-state index >= 15 is 0 Å². The van der Waals surface area contributed by atoms with E-state index in [-0.39, 0.29) is 6.10 Å². The van der Waals surface area contributed by atoms with Crippen molar-refractivity contribution in [3.05, 3.63) is 11.9 Å². The fourth-order valence-corrected chi connectivity index (χ4v) is 2.42. The van der Waals surface area contributed by atoms with Crippen molar-refractivity contribution in [3.8, 4) is 0 Å². The molecule has 112 valence electrons. The summed E-state index contributed by atoms with van der Waals surface area (Å²) in [7, 11) is 1.86. The van der Waals surface area contributed by atoms with E-state index in [0.717, 1.165) is 30.3 Å². The number of nitrogens with zero attached hydrogens (tertiary/aromatic N) is 2. The van der Waals surface area contributed by atoms with Crippen LogP contribution in [0.25, 0.3) is 0 Å². The summed E-state index contributed by atoms with van der Waals surface area (Å²) < 4.78 is 0. The van der Waals surface area contributed by atoms with Crippen LogP contribution in [0.2, 0.25) is 0 Å². The van der Waals surface area contributed by atoms with Gasteiger partial charge in [0.05, 0.1) is 6.10 Å². The zero-order valence-corrected chi connectivity index (χ0v) is 12.7. The van der Waals surface area contributed by atoms with Gasteiger partial charge in [-0.3, -0.25) is 0 Å². The van der Waals surface area contributed by atoms with Gasteiger partial charge in [0.15, 0.2) is 0 Å². The van der Waals surface area contributed by atoms with Crippen LogP contribution in [-0.4, -0.2) is 34.8 Å². The Kier molecular flexibility index (Phi) is 5.17. The van der Waals surface area contributed by atoms with Crippen molar-refractivity contribution in [1.29, 1.82) is 0 Å². The van der Waals surface area contributed by atoms with E-state index in [2.05, 4.69) is 34.4 Å². The lowest BCUT2D eigenvalue weighted by Crippen LogP contribution is -2.28. The van der Waals surface area contributed by atoms with Crippen molar-refractivity contribution >= 4 is 11.6 Å². The van der Waals surface area contributed by atoms with Gasteiger partial charge in [0.2, 0.25) is 0 Å². The van der Waals surface area contributed by atoms with Crippen molar-refractivity contribution in [3.63, 3.8) is 0 Å². The molecule has 1 aromatic heterocycles. The lowest BCUT2D eigenvalue weighted by atomic mass is 9.97. The maximum Gasteiger partial charge on any atom is 0.136 e. The van der Waals surface area contributed by atoms with Crippen molar-refractivity contribution in [2.45, 2.75) is 51.6 Å². The molecule has 1 heterocycles. The number of hydrogen-bond donors (Lipinski definition) is 3. The van der Waals surface area contributed by atoms with E-state index in [1.807, 2.05) is 13.1 Å². The topological polar surface area (TPSA) is 70.1 Å². The predicted molar refractivity (Wildman–Crippen MR) is 82.1 cm³/mol. The molecule has 0 bridgehead atoms. The molecule has 0 aromatic carbocycles. The Morgan fingerprint density at radius 2 is 1.90 bits per heavy atom. The van der Waals surface area contributed by atoms with Crippen LogP contribution in [0, 0.1) is 5.92 Å². The Morgan fingerprint density at radius 3 is 2.45 bits per heavy atom. The molecule has 0 spiro atoms. The fourth-order valence-electron chi connectivity index (χ4n) is 2.42. The first kappa shape index (κ1) is 15.0. The average Bonchev–Trinajstić information content (AvgIpc) is 3.30. The third-order valence-electron chi connectivity index (χ3n) is 4.03. The Balaban J connectivity index is 1.99. The monoisotopic (exact) mass is 278 g/mol. The van der Waals surface area contributed by atoms with E-state index < -0.39 is 0 Å². The Hall–Kier alpha value is -1.36. The highest BCUT2D eigenvalue weighted by Gasteiger charge is 2.27. The molecule has 0 radical (unpaired) electrons. The van der Waals surface area contributed by atoms with Crippen LogP contribution in [0.5, 0.6) is 0 Å². The molecule has 1 unspecified atom stereocenters. The molecule has 1 atom stereocenters. The minimum absolute atomic E-state index is 0.331. The number of rotatable bonds is 8. The van der Waals surface area contributed by atoms with E-state index in [0.29, 0.717) is 18.4 Å². The molecule has 1 saturated carbocycles. The largest absolute Gasteiger partial charge is 0.391 e. The number of aliphatic hydroxyl groups is 1. The molecule has 5 heteroatoms. The van der Waals surface area contributed by atoms with Crippen LogP contribution < -0.4 is 10.6 Å². The number of anilines is 2. The molecule has 1 aromatic rings. The Morgan fingerprint density at radius 1 is 1.25 bits per heavy atom. The van der Waals surface area contributed by atoms with Crippen molar-refractivity contribution in [2.24, 2.45) is 5.92 Å². The normalized spacial score (nSPS) is 16.2. The highest BCUT2D eigenvalue weighted by molar-refractivity contribution is 5.47. The van der Waals surface area contributed by atoms with Crippen LogP contribution in [0.3, 0.4) is 0 Å². The Labute approximate surface area is 121 Å². The standard InChI is InChI=1S/C15H26N4O/c1-4-10(5-2)12(20)9-17-14-8-13(16-3)18-15(19-14)11-6-7-11/h8,10-12,20H,4-7,9H2,1-3H3,(H2,16,17,18,19). The molecule has 2 rings (SSSR count). The van der Waals surface area contributed by atoms with Crippen molar-refractivity contribution < 1.29 is 5.11 Å². The molecular weight excluding hydrogens is 252 g/mol. The molecule has 0 aliphatic heterocycles. The van der Waals surface area contributed by atoms with Gasteiger partial charge in [0.25, 0.3) is 0 Å².